The maximum atomic E-state index is 5.68. The lowest BCUT2D eigenvalue weighted by Crippen LogP contribution is -2.36. The molecule has 106 valence electrons. The van der Waals surface area contributed by atoms with Gasteiger partial charge in [-0.15, -0.1) is 0 Å². The van der Waals surface area contributed by atoms with Crippen LogP contribution in [0.25, 0.3) is 0 Å². The van der Waals surface area contributed by atoms with Crippen molar-refractivity contribution in [3.63, 3.8) is 0 Å². The molecule has 1 aromatic rings. The van der Waals surface area contributed by atoms with Crippen LogP contribution in [-0.2, 0) is 6.54 Å². The average Bonchev–Trinajstić information content (AvgIpc) is 2.45. The third kappa shape index (κ3) is 4.54. The fourth-order valence-corrected chi connectivity index (χ4v) is 2.83. The highest BCUT2D eigenvalue weighted by atomic mass is 16.5. The van der Waals surface area contributed by atoms with Crippen LogP contribution >= 0.6 is 0 Å². The topological polar surface area (TPSA) is 21.3 Å². The van der Waals surface area contributed by atoms with Gasteiger partial charge in [0.2, 0.25) is 0 Å². The molecule has 0 aromatic heterocycles. The Hall–Kier alpha value is -1.02. The van der Waals surface area contributed by atoms with Crippen LogP contribution in [0.4, 0.5) is 0 Å². The van der Waals surface area contributed by atoms with Gasteiger partial charge in [-0.05, 0) is 42.9 Å². The molecule has 1 saturated carbocycles. The maximum absolute atomic E-state index is 5.68. The van der Waals surface area contributed by atoms with Crippen LogP contribution in [-0.4, -0.2) is 12.6 Å². The van der Waals surface area contributed by atoms with Crippen molar-refractivity contribution in [1.29, 1.82) is 0 Å². The summed E-state index contributed by atoms with van der Waals surface area (Å²) >= 11 is 0. The first-order valence-electron chi connectivity index (χ1n) is 7.74. The van der Waals surface area contributed by atoms with Crippen molar-refractivity contribution >= 4 is 0 Å². The van der Waals surface area contributed by atoms with Gasteiger partial charge in [-0.2, -0.15) is 0 Å². The zero-order valence-corrected chi connectivity index (χ0v) is 12.3. The summed E-state index contributed by atoms with van der Waals surface area (Å²) in [5.41, 5.74) is 1.33. The molecule has 0 amide bonds. The summed E-state index contributed by atoms with van der Waals surface area (Å²) in [5, 5.41) is 3.72. The lowest BCUT2D eigenvalue weighted by atomic mass is 9.86. The number of hydrogen-bond donors (Lipinski definition) is 1. The van der Waals surface area contributed by atoms with Gasteiger partial charge in [0.25, 0.3) is 0 Å². The van der Waals surface area contributed by atoms with Gasteiger partial charge in [0, 0.05) is 12.6 Å². The van der Waals surface area contributed by atoms with Crippen LogP contribution < -0.4 is 10.1 Å². The molecule has 1 aromatic carbocycles. The Bertz CT molecular complexity index is 377. The quantitative estimate of drug-likeness (QED) is 0.831. The van der Waals surface area contributed by atoms with Crippen LogP contribution in [0.15, 0.2) is 24.3 Å². The Labute approximate surface area is 117 Å². The monoisotopic (exact) mass is 261 g/mol. The zero-order valence-electron chi connectivity index (χ0n) is 12.3. The predicted molar refractivity (Wildman–Crippen MR) is 80.5 cm³/mol. The highest BCUT2D eigenvalue weighted by Crippen LogP contribution is 2.24. The second-order valence-electron chi connectivity index (χ2n) is 5.75. The molecule has 2 atom stereocenters. The Morgan fingerprint density at radius 1 is 1.26 bits per heavy atom. The molecule has 2 nitrogen and oxygen atoms in total. The molecule has 0 saturated heterocycles. The summed E-state index contributed by atoms with van der Waals surface area (Å²) in [7, 11) is 0. The van der Waals surface area contributed by atoms with Crippen molar-refractivity contribution in [1.82, 2.24) is 5.32 Å². The number of benzene rings is 1. The molecule has 1 fully saturated rings. The summed E-state index contributed by atoms with van der Waals surface area (Å²) in [6.45, 7) is 6.27. The SMILES string of the molecule is CCCOc1cccc(CNC2CCCCC2C)c1. The first-order valence-corrected chi connectivity index (χ1v) is 7.74. The van der Waals surface area contributed by atoms with Gasteiger partial charge in [0.1, 0.15) is 5.75 Å². The fourth-order valence-electron chi connectivity index (χ4n) is 2.83. The van der Waals surface area contributed by atoms with E-state index in [0.29, 0.717) is 6.04 Å². The standard InChI is InChI=1S/C17H27NO/c1-3-11-19-16-9-6-8-15(12-16)13-18-17-10-5-4-7-14(17)2/h6,8-9,12,14,17-18H,3-5,7,10-11,13H2,1-2H3. The molecule has 0 bridgehead atoms. The largest absolute Gasteiger partial charge is 0.494 e. The smallest absolute Gasteiger partial charge is 0.119 e. The van der Waals surface area contributed by atoms with E-state index in [-0.39, 0.29) is 0 Å². The van der Waals surface area contributed by atoms with E-state index in [1.54, 1.807) is 0 Å². The third-order valence-electron chi connectivity index (χ3n) is 4.05. The molecule has 0 aliphatic heterocycles. The lowest BCUT2D eigenvalue weighted by molar-refractivity contribution is 0.279. The first kappa shape index (κ1) is 14.4. The van der Waals surface area contributed by atoms with Crippen molar-refractivity contribution < 1.29 is 4.74 Å². The van der Waals surface area contributed by atoms with Crippen LogP contribution in [0, 0.1) is 5.92 Å². The van der Waals surface area contributed by atoms with Gasteiger partial charge in [-0.1, -0.05) is 38.8 Å². The number of rotatable bonds is 6. The van der Waals surface area contributed by atoms with Crippen LogP contribution in [0.5, 0.6) is 5.75 Å². The molecule has 1 N–H and O–H groups in total. The first-order chi connectivity index (χ1) is 9.29. The number of nitrogens with one attached hydrogen (secondary N) is 1. The normalized spacial score (nSPS) is 23.3. The van der Waals surface area contributed by atoms with Crippen LogP contribution in [0.2, 0.25) is 0 Å². The van der Waals surface area contributed by atoms with Crippen LogP contribution in [0.3, 0.4) is 0 Å². The van der Waals surface area contributed by atoms with Crippen molar-refractivity contribution in [2.24, 2.45) is 5.92 Å². The van der Waals surface area contributed by atoms with E-state index in [4.69, 9.17) is 4.74 Å². The second kappa shape index (κ2) is 7.54. The molecule has 2 heteroatoms. The van der Waals surface area contributed by atoms with E-state index in [1.165, 1.54) is 31.2 Å². The molecule has 0 spiro atoms. The molecular formula is C17H27NO. The van der Waals surface area contributed by atoms with Gasteiger partial charge in [0.05, 0.1) is 6.61 Å². The van der Waals surface area contributed by atoms with Gasteiger partial charge >= 0.3 is 0 Å². The van der Waals surface area contributed by atoms with Gasteiger partial charge in [0.15, 0.2) is 0 Å². The summed E-state index contributed by atoms with van der Waals surface area (Å²) in [5.74, 6) is 1.81. The minimum absolute atomic E-state index is 0.689. The molecule has 1 aliphatic rings. The Morgan fingerprint density at radius 2 is 2.11 bits per heavy atom. The molecular weight excluding hydrogens is 234 g/mol. The minimum atomic E-state index is 0.689. The Morgan fingerprint density at radius 3 is 2.89 bits per heavy atom. The maximum Gasteiger partial charge on any atom is 0.119 e. The predicted octanol–water partition coefficient (Wildman–Crippen LogP) is 4.14. The molecule has 2 unspecified atom stereocenters. The zero-order chi connectivity index (χ0) is 13.5. The number of hydrogen-bond acceptors (Lipinski definition) is 2. The third-order valence-corrected chi connectivity index (χ3v) is 4.05. The van der Waals surface area contributed by atoms with Gasteiger partial charge in [-0.25, -0.2) is 0 Å². The summed E-state index contributed by atoms with van der Waals surface area (Å²) < 4.78 is 5.68. The number of ether oxygens (including phenoxy) is 1. The highest BCUT2D eigenvalue weighted by Gasteiger charge is 2.20. The fraction of sp³-hybridized carbons (Fsp3) is 0.647. The second-order valence-corrected chi connectivity index (χ2v) is 5.75. The van der Waals surface area contributed by atoms with E-state index in [1.807, 2.05) is 6.07 Å². The average molecular weight is 261 g/mol. The van der Waals surface area contributed by atoms with Crippen molar-refractivity contribution in [2.75, 3.05) is 6.61 Å². The molecule has 0 radical (unpaired) electrons. The summed E-state index contributed by atoms with van der Waals surface area (Å²) in [4.78, 5) is 0. The summed E-state index contributed by atoms with van der Waals surface area (Å²) in [6.07, 6.45) is 6.54. The molecule has 0 heterocycles. The van der Waals surface area contributed by atoms with Crippen molar-refractivity contribution in [3.05, 3.63) is 29.8 Å². The molecule has 1 aliphatic carbocycles. The van der Waals surface area contributed by atoms with Crippen molar-refractivity contribution in [2.45, 2.75) is 58.5 Å². The van der Waals surface area contributed by atoms with E-state index in [0.717, 1.165) is 31.2 Å². The van der Waals surface area contributed by atoms with E-state index in [2.05, 4.69) is 37.4 Å². The van der Waals surface area contributed by atoms with Gasteiger partial charge in [-0.3, -0.25) is 0 Å². The molecule has 2 rings (SSSR count). The van der Waals surface area contributed by atoms with Gasteiger partial charge < -0.3 is 10.1 Å². The lowest BCUT2D eigenvalue weighted by Gasteiger charge is -2.29. The van der Waals surface area contributed by atoms with Crippen LogP contribution in [0.1, 0.15) is 51.5 Å². The van der Waals surface area contributed by atoms with Crippen molar-refractivity contribution in [3.8, 4) is 5.75 Å². The Kier molecular flexibility index (Phi) is 5.71. The van der Waals surface area contributed by atoms with E-state index in [9.17, 15) is 0 Å². The Balaban J connectivity index is 1.84. The summed E-state index contributed by atoms with van der Waals surface area (Å²) in [6, 6.07) is 9.17. The van der Waals surface area contributed by atoms with E-state index < -0.39 is 0 Å². The molecule has 19 heavy (non-hydrogen) atoms. The minimum Gasteiger partial charge on any atom is -0.494 e. The highest BCUT2D eigenvalue weighted by molar-refractivity contribution is 5.28. The van der Waals surface area contributed by atoms with E-state index >= 15 is 0 Å².